The van der Waals surface area contributed by atoms with E-state index in [1.165, 1.54) is 12.8 Å². The first-order chi connectivity index (χ1) is 9.22. The van der Waals surface area contributed by atoms with Gasteiger partial charge in [0, 0.05) is 5.69 Å². The predicted molar refractivity (Wildman–Crippen MR) is 73.8 cm³/mol. The minimum Gasteiger partial charge on any atom is -0.460 e. The van der Waals surface area contributed by atoms with Gasteiger partial charge >= 0.3 is 0 Å². The molecule has 0 bridgehead atoms. The molecule has 1 unspecified atom stereocenters. The van der Waals surface area contributed by atoms with Crippen LogP contribution in [0.1, 0.15) is 42.6 Å². The molecule has 3 heterocycles. The molecular formula is C15H19N3O. The van der Waals surface area contributed by atoms with E-state index >= 15 is 0 Å². The Balaban J connectivity index is 1.95. The summed E-state index contributed by atoms with van der Waals surface area (Å²) in [6.45, 7) is 5.01. The molecule has 4 heteroatoms. The van der Waals surface area contributed by atoms with Crippen LogP contribution in [0.2, 0.25) is 0 Å². The molecule has 0 saturated carbocycles. The van der Waals surface area contributed by atoms with Gasteiger partial charge in [-0.1, -0.05) is 6.42 Å². The Hall–Kier alpha value is -1.68. The van der Waals surface area contributed by atoms with Gasteiger partial charge in [0.2, 0.25) is 0 Å². The molecule has 4 nitrogen and oxygen atoms in total. The van der Waals surface area contributed by atoms with Crippen molar-refractivity contribution in [1.29, 1.82) is 0 Å². The summed E-state index contributed by atoms with van der Waals surface area (Å²) in [6, 6.07) is 6.19. The molecule has 3 rings (SSSR count). The van der Waals surface area contributed by atoms with Crippen molar-refractivity contribution < 1.29 is 4.42 Å². The van der Waals surface area contributed by atoms with Gasteiger partial charge in [-0.15, -0.1) is 0 Å². The fraction of sp³-hybridized carbons (Fsp3) is 0.467. The van der Waals surface area contributed by atoms with Gasteiger partial charge in [-0.25, -0.2) is 9.97 Å². The summed E-state index contributed by atoms with van der Waals surface area (Å²) in [6.07, 6.45) is 3.59. The number of nitrogens with zero attached hydrogens (tertiary/aromatic N) is 2. The van der Waals surface area contributed by atoms with Crippen LogP contribution in [-0.4, -0.2) is 16.5 Å². The maximum Gasteiger partial charge on any atom is 0.152 e. The van der Waals surface area contributed by atoms with E-state index in [0.29, 0.717) is 0 Å². The second-order valence-corrected chi connectivity index (χ2v) is 5.17. The van der Waals surface area contributed by atoms with Crippen LogP contribution >= 0.6 is 0 Å². The van der Waals surface area contributed by atoms with Gasteiger partial charge in [-0.3, -0.25) is 0 Å². The zero-order valence-corrected chi connectivity index (χ0v) is 11.4. The van der Waals surface area contributed by atoms with E-state index in [4.69, 9.17) is 4.42 Å². The summed E-state index contributed by atoms with van der Waals surface area (Å²) in [5.41, 5.74) is 1.87. The average Bonchev–Trinajstić information content (AvgIpc) is 2.86. The van der Waals surface area contributed by atoms with Crippen LogP contribution in [0.5, 0.6) is 0 Å². The molecular weight excluding hydrogens is 238 g/mol. The van der Waals surface area contributed by atoms with E-state index in [-0.39, 0.29) is 6.04 Å². The molecule has 19 heavy (non-hydrogen) atoms. The van der Waals surface area contributed by atoms with Crippen molar-refractivity contribution >= 4 is 0 Å². The first-order valence-corrected chi connectivity index (χ1v) is 6.88. The topological polar surface area (TPSA) is 51.0 Å². The van der Waals surface area contributed by atoms with E-state index in [2.05, 4.69) is 15.3 Å². The highest BCUT2D eigenvalue weighted by molar-refractivity contribution is 5.52. The van der Waals surface area contributed by atoms with Crippen molar-refractivity contribution in [3.8, 4) is 11.5 Å². The number of hydrogen-bond acceptors (Lipinski definition) is 4. The monoisotopic (exact) mass is 257 g/mol. The third-order valence-electron chi connectivity index (χ3n) is 3.49. The van der Waals surface area contributed by atoms with E-state index in [1.807, 2.05) is 32.0 Å². The minimum atomic E-state index is 0.281. The van der Waals surface area contributed by atoms with Gasteiger partial charge in [0.05, 0.1) is 6.04 Å². The number of aryl methyl sites for hydroxylation is 2. The molecule has 1 atom stereocenters. The van der Waals surface area contributed by atoms with Gasteiger partial charge < -0.3 is 9.73 Å². The fourth-order valence-corrected chi connectivity index (χ4v) is 2.52. The summed E-state index contributed by atoms with van der Waals surface area (Å²) in [5, 5.41) is 3.49. The molecule has 0 radical (unpaired) electrons. The molecule has 1 aliphatic rings. The Morgan fingerprint density at radius 1 is 1.21 bits per heavy atom. The first-order valence-electron chi connectivity index (χ1n) is 6.88. The maximum atomic E-state index is 5.66. The number of aromatic nitrogens is 2. The highest BCUT2D eigenvalue weighted by Crippen LogP contribution is 2.25. The Morgan fingerprint density at radius 2 is 2.11 bits per heavy atom. The summed E-state index contributed by atoms with van der Waals surface area (Å²) in [5.74, 6) is 2.62. The van der Waals surface area contributed by atoms with E-state index in [1.54, 1.807) is 0 Å². The standard InChI is InChI=1S/C15H19N3O/c1-10-9-13(14-7-6-11(2)19-14)18-15(17-10)12-5-3-4-8-16-12/h6-7,9,12,16H,3-5,8H2,1-2H3. The van der Waals surface area contributed by atoms with E-state index < -0.39 is 0 Å². The molecule has 0 aromatic carbocycles. The highest BCUT2D eigenvalue weighted by Gasteiger charge is 2.19. The molecule has 1 N–H and O–H groups in total. The van der Waals surface area contributed by atoms with Gasteiger partial charge in [-0.2, -0.15) is 0 Å². The van der Waals surface area contributed by atoms with Crippen molar-refractivity contribution in [3.05, 3.63) is 35.5 Å². The smallest absolute Gasteiger partial charge is 0.152 e. The zero-order valence-electron chi connectivity index (χ0n) is 11.4. The molecule has 0 amide bonds. The lowest BCUT2D eigenvalue weighted by molar-refractivity contribution is 0.396. The molecule has 100 valence electrons. The van der Waals surface area contributed by atoms with Crippen molar-refractivity contribution in [1.82, 2.24) is 15.3 Å². The molecule has 1 aliphatic heterocycles. The van der Waals surface area contributed by atoms with Gasteiger partial charge in [0.1, 0.15) is 17.3 Å². The van der Waals surface area contributed by atoms with Crippen LogP contribution in [0.15, 0.2) is 22.6 Å². The SMILES string of the molecule is Cc1cc(-c2ccc(C)o2)nc(C2CCCCN2)n1. The molecule has 2 aromatic heterocycles. The summed E-state index contributed by atoms with van der Waals surface area (Å²) >= 11 is 0. The lowest BCUT2D eigenvalue weighted by Crippen LogP contribution is -2.28. The molecule has 2 aromatic rings. The maximum absolute atomic E-state index is 5.66. The highest BCUT2D eigenvalue weighted by atomic mass is 16.3. The molecule has 0 spiro atoms. The molecule has 1 saturated heterocycles. The van der Waals surface area contributed by atoms with E-state index in [9.17, 15) is 0 Å². The summed E-state index contributed by atoms with van der Waals surface area (Å²) in [7, 11) is 0. The number of hydrogen-bond donors (Lipinski definition) is 1. The molecule has 0 aliphatic carbocycles. The number of furan rings is 1. The second kappa shape index (κ2) is 5.13. The fourth-order valence-electron chi connectivity index (χ4n) is 2.52. The Bertz CT molecular complexity index is 571. The molecule has 1 fully saturated rings. The summed E-state index contributed by atoms with van der Waals surface area (Å²) in [4.78, 5) is 9.25. The van der Waals surface area contributed by atoms with Crippen molar-refractivity contribution in [2.45, 2.75) is 39.2 Å². The van der Waals surface area contributed by atoms with Crippen molar-refractivity contribution in [3.63, 3.8) is 0 Å². The second-order valence-electron chi connectivity index (χ2n) is 5.17. The van der Waals surface area contributed by atoms with Gasteiger partial charge in [0.25, 0.3) is 0 Å². The van der Waals surface area contributed by atoms with Crippen molar-refractivity contribution in [2.24, 2.45) is 0 Å². The lowest BCUT2D eigenvalue weighted by atomic mass is 10.0. The van der Waals surface area contributed by atoms with Gasteiger partial charge in [-0.05, 0) is 51.4 Å². The largest absolute Gasteiger partial charge is 0.460 e. The summed E-state index contributed by atoms with van der Waals surface area (Å²) < 4.78 is 5.66. The Morgan fingerprint density at radius 3 is 2.79 bits per heavy atom. The van der Waals surface area contributed by atoms with Crippen LogP contribution < -0.4 is 5.32 Å². The Kier molecular flexibility index (Phi) is 3.34. The number of nitrogens with one attached hydrogen (secondary N) is 1. The predicted octanol–water partition coefficient (Wildman–Crippen LogP) is 3.17. The zero-order chi connectivity index (χ0) is 13.2. The van der Waals surface area contributed by atoms with E-state index in [0.717, 1.165) is 41.7 Å². The van der Waals surface area contributed by atoms with Crippen LogP contribution in [0, 0.1) is 13.8 Å². The van der Waals surface area contributed by atoms with Crippen LogP contribution in [0.25, 0.3) is 11.5 Å². The quantitative estimate of drug-likeness (QED) is 0.897. The average molecular weight is 257 g/mol. The number of piperidine rings is 1. The minimum absolute atomic E-state index is 0.281. The van der Waals surface area contributed by atoms with Crippen LogP contribution in [-0.2, 0) is 0 Å². The van der Waals surface area contributed by atoms with Crippen LogP contribution in [0.4, 0.5) is 0 Å². The van der Waals surface area contributed by atoms with Crippen LogP contribution in [0.3, 0.4) is 0 Å². The Labute approximate surface area is 113 Å². The number of rotatable bonds is 2. The third-order valence-corrected chi connectivity index (χ3v) is 3.49. The normalized spacial score (nSPS) is 19.6. The van der Waals surface area contributed by atoms with Crippen molar-refractivity contribution in [2.75, 3.05) is 6.54 Å². The lowest BCUT2D eigenvalue weighted by Gasteiger charge is -2.22. The first kappa shape index (κ1) is 12.4. The van der Waals surface area contributed by atoms with Gasteiger partial charge in [0.15, 0.2) is 5.76 Å². The third kappa shape index (κ3) is 2.68.